The van der Waals surface area contributed by atoms with Gasteiger partial charge in [0.1, 0.15) is 6.61 Å². The van der Waals surface area contributed by atoms with E-state index in [1.165, 1.54) is 18.4 Å². The van der Waals surface area contributed by atoms with Gasteiger partial charge in [0.05, 0.1) is 6.10 Å². The topological polar surface area (TPSA) is 70.8 Å². The molecule has 5 nitrogen and oxygen atoms in total. The molecular formula is C35H61NO4Si2. The largest absolute Gasteiger partial charge is 0.410 e. The zero-order chi connectivity index (χ0) is 31.9. The molecule has 0 aromatic heterocycles. The van der Waals surface area contributed by atoms with Crippen molar-refractivity contribution >= 4 is 22.5 Å². The van der Waals surface area contributed by atoms with E-state index in [1.54, 1.807) is 5.57 Å². The minimum absolute atomic E-state index is 0.0343. The summed E-state index contributed by atoms with van der Waals surface area (Å²) >= 11 is 0. The lowest BCUT2D eigenvalue weighted by molar-refractivity contribution is -0.208. The molecule has 1 amide bonds. The maximum absolute atomic E-state index is 12.0. The fraction of sp³-hybridized carbons (Fsp3) is 0.743. The summed E-state index contributed by atoms with van der Waals surface area (Å²) in [5.74, 6) is -0.940. The smallest absolute Gasteiger partial charge is 0.243 e. The van der Waals surface area contributed by atoms with Gasteiger partial charge in [-0.15, -0.1) is 0 Å². The number of nitrogens with two attached hydrogens (primary N) is 1. The average Bonchev–Trinajstić information content (AvgIpc) is 3.18. The molecule has 4 atom stereocenters. The van der Waals surface area contributed by atoms with E-state index in [1.807, 2.05) is 0 Å². The van der Waals surface area contributed by atoms with Gasteiger partial charge in [0.15, 0.2) is 22.4 Å². The van der Waals surface area contributed by atoms with Gasteiger partial charge in [-0.25, -0.2) is 0 Å². The summed E-state index contributed by atoms with van der Waals surface area (Å²) in [6, 6.07) is 0. The summed E-state index contributed by atoms with van der Waals surface area (Å²) in [4.78, 5) is 12.0. The van der Waals surface area contributed by atoms with Gasteiger partial charge in [0.2, 0.25) is 5.91 Å². The number of amides is 1. The third kappa shape index (κ3) is 7.34. The number of primary amides is 1. The molecule has 0 aromatic carbocycles. The Morgan fingerprint density at radius 1 is 1.10 bits per heavy atom. The van der Waals surface area contributed by atoms with Crippen LogP contribution in [-0.4, -0.2) is 41.0 Å². The second-order valence-corrected chi connectivity index (χ2v) is 25.9. The SMILES string of the molecule is C=C1C(=CC=C2CCC[C@]3(C)C(CC)=CC[C@@H]23)C[C@@](OCC(N)=O)(O[Si](C)(C)C(C)(C)C)C[C@@H]1O[Si](C)(C)C(C)(C)C. The van der Waals surface area contributed by atoms with Crippen molar-refractivity contribution in [3.05, 3.63) is 47.1 Å². The van der Waals surface area contributed by atoms with Crippen LogP contribution in [0.25, 0.3) is 0 Å². The van der Waals surface area contributed by atoms with Gasteiger partial charge in [-0.05, 0) is 90.8 Å². The van der Waals surface area contributed by atoms with E-state index in [4.69, 9.17) is 19.3 Å². The molecule has 2 N–H and O–H groups in total. The number of rotatable bonds is 9. The molecule has 2 fully saturated rings. The minimum Gasteiger partial charge on any atom is -0.410 e. The van der Waals surface area contributed by atoms with Crippen LogP contribution in [0.1, 0.15) is 100 Å². The monoisotopic (exact) mass is 615 g/mol. The number of ether oxygens (including phenoxy) is 1. The molecule has 0 aliphatic heterocycles. The van der Waals surface area contributed by atoms with E-state index < -0.39 is 28.3 Å². The molecule has 7 heteroatoms. The van der Waals surface area contributed by atoms with E-state index >= 15 is 0 Å². The molecule has 3 aliphatic carbocycles. The molecular weight excluding hydrogens is 555 g/mol. The predicted octanol–water partition coefficient (Wildman–Crippen LogP) is 9.35. The van der Waals surface area contributed by atoms with Crippen LogP contribution < -0.4 is 5.73 Å². The fourth-order valence-electron chi connectivity index (χ4n) is 6.60. The number of hydrogen-bond donors (Lipinski definition) is 1. The molecule has 0 heterocycles. The van der Waals surface area contributed by atoms with E-state index in [9.17, 15) is 4.79 Å². The summed E-state index contributed by atoms with van der Waals surface area (Å²) in [6.45, 7) is 31.7. The first-order valence-corrected chi connectivity index (χ1v) is 22.0. The van der Waals surface area contributed by atoms with Gasteiger partial charge in [-0.3, -0.25) is 4.79 Å². The van der Waals surface area contributed by atoms with Crippen molar-refractivity contribution in [3.63, 3.8) is 0 Å². The normalized spacial score (nSPS) is 31.4. The van der Waals surface area contributed by atoms with E-state index in [0.29, 0.717) is 18.8 Å². The quantitative estimate of drug-likeness (QED) is 0.159. The summed E-state index contributed by atoms with van der Waals surface area (Å²) in [7, 11) is -4.47. The van der Waals surface area contributed by atoms with Crippen LogP contribution in [0, 0.1) is 11.3 Å². The van der Waals surface area contributed by atoms with Crippen molar-refractivity contribution in [3.8, 4) is 0 Å². The second-order valence-electron chi connectivity index (χ2n) is 16.4. The first-order valence-electron chi connectivity index (χ1n) is 16.2. The Bertz CT molecular complexity index is 1140. The van der Waals surface area contributed by atoms with Crippen LogP contribution in [0.5, 0.6) is 0 Å². The molecule has 0 spiro atoms. The molecule has 0 saturated heterocycles. The van der Waals surface area contributed by atoms with Crippen molar-refractivity contribution in [1.82, 2.24) is 0 Å². The maximum atomic E-state index is 12.0. The highest BCUT2D eigenvalue weighted by Gasteiger charge is 2.52. The van der Waals surface area contributed by atoms with Crippen LogP contribution in [0.15, 0.2) is 47.1 Å². The van der Waals surface area contributed by atoms with Gasteiger partial charge in [-0.1, -0.05) is 91.3 Å². The molecule has 3 aliphatic rings. The number of carbonyl (C=O) groups excluding carboxylic acids is 1. The molecule has 0 bridgehead atoms. The standard InChI is InChI=1S/C35H61NO4Si2/c1-14-28-19-20-29-26(16-15-21-34(28,29)9)17-18-27-22-35(38-24-31(36)37,40-42(12,13)33(6,7)8)23-30(25(27)2)39-41(10,11)32(3,4)5/h17-19,29-30H,2,14-16,20-24H2,1,3-13H3,(H2,36,37)/t29-,30-,34+,35+/m0/s1. The van der Waals surface area contributed by atoms with Gasteiger partial charge in [0, 0.05) is 12.8 Å². The van der Waals surface area contributed by atoms with Crippen LogP contribution in [0.2, 0.25) is 36.3 Å². The highest BCUT2D eigenvalue weighted by Crippen LogP contribution is 2.55. The van der Waals surface area contributed by atoms with Crippen molar-refractivity contribution in [1.29, 1.82) is 0 Å². The van der Waals surface area contributed by atoms with Crippen molar-refractivity contribution in [2.75, 3.05) is 6.61 Å². The Kier molecular flexibility index (Phi) is 10.3. The first-order chi connectivity index (χ1) is 19.1. The Labute approximate surface area is 259 Å². The summed E-state index contributed by atoms with van der Waals surface area (Å²) in [5.41, 5.74) is 11.2. The predicted molar refractivity (Wildman–Crippen MR) is 181 cm³/mol. The Morgan fingerprint density at radius 2 is 1.71 bits per heavy atom. The fourth-order valence-corrected chi connectivity index (χ4v) is 9.34. The third-order valence-electron chi connectivity index (χ3n) is 11.3. The molecule has 0 unspecified atom stereocenters. The van der Waals surface area contributed by atoms with Crippen molar-refractivity contribution in [2.24, 2.45) is 17.1 Å². The molecule has 0 radical (unpaired) electrons. The number of allylic oxidation sites excluding steroid dienone is 5. The number of fused-ring (bicyclic) bond motifs is 1. The van der Waals surface area contributed by atoms with Gasteiger partial charge >= 0.3 is 0 Å². The van der Waals surface area contributed by atoms with Gasteiger partial charge < -0.3 is 19.3 Å². The van der Waals surface area contributed by atoms with Crippen molar-refractivity contribution < 1.29 is 18.4 Å². The number of carbonyl (C=O) groups is 1. The van der Waals surface area contributed by atoms with Gasteiger partial charge in [0.25, 0.3) is 0 Å². The highest BCUT2D eigenvalue weighted by atomic mass is 28.4. The van der Waals surface area contributed by atoms with Gasteiger partial charge in [-0.2, -0.15) is 0 Å². The van der Waals surface area contributed by atoms with Crippen molar-refractivity contribution in [2.45, 2.75) is 148 Å². The second kappa shape index (κ2) is 12.3. The Balaban J connectivity index is 2.09. The lowest BCUT2D eigenvalue weighted by atomic mass is 9.64. The zero-order valence-corrected chi connectivity index (χ0v) is 31.0. The lowest BCUT2D eigenvalue weighted by Crippen LogP contribution is -2.56. The van der Waals surface area contributed by atoms with E-state index in [2.05, 4.69) is 106 Å². The summed E-state index contributed by atoms with van der Waals surface area (Å²) in [6.07, 6.45) is 13.8. The minimum atomic E-state index is -2.31. The van der Waals surface area contributed by atoms with E-state index in [-0.39, 0.29) is 28.2 Å². The zero-order valence-electron chi connectivity index (χ0n) is 29.0. The highest BCUT2D eigenvalue weighted by molar-refractivity contribution is 6.74. The molecule has 0 aromatic rings. The molecule has 238 valence electrons. The summed E-state index contributed by atoms with van der Waals surface area (Å²) < 4.78 is 20.6. The first kappa shape index (κ1) is 35.2. The third-order valence-corrected chi connectivity index (χ3v) is 20.3. The molecule has 42 heavy (non-hydrogen) atoms. The maximum Gasteiger partial charge on any atom is 0.243 e. The molecule has 3 rings (SSSR count). The molecule has 2 saturated carbocycles. The lowest BCUT2D eigenvalue weighted by Gasteiger charge is -2.51. The Morgan fingerprint density at radius 3 is 2.26 bits per heavy atom. The number of hydrogen-bond acceptors (Lipinski definition) is 4. The van der Waals surface area contributed by atoms with Crippen LogP contribution in [0.3, 0.4) is 0 Å². The van der Waals surface area contributed by atoms with Crippen LogP contribution >= 0.6 is 0 Å². The van der Waals surface area contributed by atoms with Crippen LogP contribution in [-0.2, 0) is 18.4 Å². The average molecular weight is 616 g/mol. The Hall–Kier alpha value is -1.26. The van der Waals surface area contributed by atoms with E-state index in [0.717, 1.165) is 30.4 Å². The summed E-state index contributed by atoms with van der Waals surface area (Å²) in [5, 5.41) is -0.00217. The van der Waals surface area contributed by atoms with Crippen LogP contribution in [0.4, 0.5) is 0 Å².